The van der Waals surface area contributed by atoms with E-state index in [0.29, 0.717) is 11.1 Å². The van der Waals surface area contributed by atoms with Gasteiger partial charge in [0.15, 0.2) is 5.78 Å². The molecule has 0 aliphatic heterocycles. The second-order valence-corrected chi connectivity index (χ2v) is 4.81. The monoisotopic (exact) mass is 219 g/mol. The van der Waals surface area contributed by atoms with Crippen molar-refractivity contribution in [2.75, 3.05) is 0 Å². The Balaban J connectivity index is 3.04. The quantitative estimate of drug-likeness (QED) is 0.776. The molecule has 0 saturated carbocycles. The molecule has 1 aromatic rings. The van der Waals surface area contributed by atoms with Gasteiger partial charge in [0.2, 0.25) is 0 Å². The van der Waals surface area contributed by atoms with Crippen LogP contribution in [-0.4, -0.2) is 17.2 Å². The Kier molecular flexibility index (Phi) is 3.48. The fourth-order valence-corrected chi connectivity index (χ4v) is 1.40. The van der Waals surface area contributed by atoms with E-state index in [1.54, 1.807) is 24.3 Å². The van der Waals surface area contributed by atoms with Crippen LogP contribution < -0.4 is 5.32 Å². The molecule has 1 N–H and O–H groups in total. The second kappa shape index (κ2) is 4.47. The maximum Gasteiger partial charge on any atom is 0.252 e. The average molecular weight is 219 g/mol. The van der Waals surface area contributed by atoms with Crippen LogP contribution in [0.25, 0.3) is 0 Å². The van der Waals surface area contributed by atoms with Crippen LogP contribution in [0.2, 0.25) is 0 Å². The smallest absolute Gasteiger partial charge is 0.252 e. The Hall–Kier alpha value is -1.64. The maximum absolute atomic E-state index is 11.9. The Morgan fingerprint density at radius 3 is 2.00 bits per heavy atom. The first-order chi connectivity index (χ1) is 7.31. The lowest BCUT2D eigenvalue weighted by Gasteiger charge is -2.21. The van der Waals surface area contributed by atoms with Crippen LogP contribution in [0.3, 0.4) is 0 Å². The van der Waals surface area contributed by atoms with E-state index < -0.39 is 0 Å². The number of benzene rings is 1. The van der Waals surface area contributed by atoms with Gasteiger partial charge in [-0.3, -0.25) is 9.59 Å². The van der Waals surface area contributed by atoms with Gasteiger partial charge in [0.1, 0.15) is 0 Å². The van der Waals surface area contributed by atoms with Gasteiger partial charge in [-0.25, -0.2) is 0 Å². The first kappa shape index (κ1) is 12.4. The Labute approximate surface area is 95.9 Å². The van der Waals surface area contributed by atoms with Gasteiger partial charge < -0.3 is 5.32 Å². The Morgan fingerprint density at radius 1 is 1.06 bits per heavy atom. The van der Waals surface area contributed by atoms with Crippen molar-refractivity contribution in [3.05, 3.63) is 35.4 Å². The molecule has 3 heteroatoms. The third-order valence-corrected chi connectivity index (χ3v) is 2.04. The normalized spacial score (nSPS) is 11.0. The number of carbonyl (C=O) groups is 2. The molecule has 1 amide bonds. The number of Topliss-reactive ketones (excluding diaryl/α,β-unsaturated/α-hetero) is 1. The predicted octanol–water partition coefficient (Wildman–Crippen LogP) is 2.42. The molecule has 1 rings (SSSR count). The van der Waals surface area contributed by atoms with Gasteiger partial charge in [-0.05, 0) is 33.8 Å². The standard InChI is InChI=1S/C13H17NO2/c1-9(15)10-7-5-6-8-11(10)12(16)14-13(2,3)4/h5-8H,1-4H3,(H,14,16). The molecule has 0 bridgehead atoms. The zero-order chi connectivity index (χ0) is 12.3. The van der Waals surface area contributed by atoms with Crippen molar-refractivity contribution >= 4 is 11.7 Å². The Bertz CT molecular complexity index is 416. The summed E-state index contributed by atoms with van der Waals surface area (Å²) < 4.78 is 0. The van der Waals surface area contributed by atoms with Crippen molar-refractivity contribution < 1.29 is 9.59 Å². The molecule has 0 spiro atoms. The van der Waals surface area contributed by atoms with E-state index in [0.717, 1.165) is 0 Å². The molecule has 0 aromatic heterocycles. The summed E-state index contributed by atoms with van der Waals surface area (Å²) in [5.41, 5.74) is 0.593. The molecule has 0 heterocycles. The van der Waals surface area contributed by atoms with Crippen molar-refractivity contribution in [3.63, 3.8) is 0 Å². The second-order valence-electron chi connectivity index (χ2n) is 4.81. The van der Waals surface area contributed by atoms with Gasteiger partial charge in [0.25, 0.3) is 5.91 Å². The van der Waals surface area contributed by atoms with Crippen molar-refractivity contribution in [2.45, 2.75) is 33.2 Å². The van der Waals surface area contributed by atoms with Crippen LogP contribution in [0.1, 0.15) is 48.4 Å². The number of ketones is 1. The minimum atomic E-state index is -0.305. The highest BCUT2D eigenvalue weighted by atomic mass is 16.2. The summed E-state index contributed by atoms with van der Waals surface area (Å²) in [4.78, 5) is 23.3. The molecule has 0 radical (unpaired) electrons. The topological polar surface area (TPSA) is 46.2 Å². The maximum atomic E-state index is 11.9. The van der Waals surface area contributed by atoms with Crippen LogP contribution in [0.5, 0.6) is 0 Å². The summed E-state index contributed by atoms with van der Waals surface area (Å²) in [6.45, 7) is 7.17. The first-order valence-electron chi connectivity index (χ1n) is 5.24. The lowest BCUT2D eigenvalue weighted by Crippen LogP contribution is -2.41. The molecular formula is C13H17NO2. The van der Waals surface area contributed by atoms with E-state index in [2.05, 4.69) is 5.32 Å². The molecule has 1 aromatic carbocycles. The molecule has 0 fully saturated rings. The van der Waals surface area contributed by atoms with Gasteiger partial charge in [-0.15, -0.1) is 0 Å². The third kappa shape index (κ3) is 3.19. The third-order valence-electron chi connectivity index (χ3n) is 2.04. The molecule has 3 nitrogen and oxygen atoms in total. The van der Waals surface area contributed by atoms with Crippen molar-refractivity contribution in [1.29, 1.82) is 0 Å². The van der Waals surface area contributed by atoms with E-state index in [1.165, 1.54) is 6.92 Å². The van der Waals surface area contributed by atoms with Gasteiger partial charge in [-0.2, -0.15) is 0 Å². The van der Waals surface area contributed by atoms with Crippen LogP contribution in [-0.2, 0) is 0 Å². The van der Waals surface area contributed by atoms with E-state index in [-0.39, 0.29) is 17.2 Å². The molecule has 86 valence electrons. The van der Waals surface area contributed by atoms with Crippen molar-refractivity contribution in [2.24, 2.45) is 0 Å². The number of hydrogen-bond donors (Lipinski definition) is 1. The summed E-state index contributed by atoms with van der Waals surface area (Å²) in [5, 5.41) is 2.84. The van der Waals surface area contributed by atoms with Crippen LogP contribution in [0.15, 0.2) is 24.3 Å². The van der Waals surface area contributed by atoms with E-state index >= 15 is 0 Å². The summed E-state index contributed by atoms with van der Waals surface area (Å²) >= 11 is 0. The molecule has 0 atom stereocenters. The lowest BCUT2D eigenvalue weighted by molar-refractivity contribution is 0.0908. The van der Waals surface area contributed by atoms with Crippen LogP contribution in [0.4, 0.5) is 0 Å². The fourth-order valence-electron chi connectivity index (χ4n) is 1.40. The van der Waals surface area contributed by atoms with Gasteiger partial charge in [0.05, 0.1) is 5.56 Å². The van der Waals surface area contributed by atoms with Crippen LogP contribution >= 0.6 is 0 Å². The van der Waals surface area contributed by atoms with E-state index in [1.807, 2.05) is 20.8 Å². The zero-order valence-electron chi connectivity index (χ0n) is 10.1. The molecule has 0 aliphatic carbocycles. The van der Waals surface area contributed by atoms with Gasteiger partial charge in [0, 0.05) is 11.1 Å². The number of amides is 1. The van der Waals surface area contributed by atoms with E-state index in [9.17, 15) is 9.59 Å². The molecular weight excluding hydrogens is 202 g/mol. The minimum Gasteiger partial charge on any atom is -0.347 e. The number of rotatable bonds is 2. The summed E-state index contributed by atoms with van der Waals surface area (Å²) in [6, 6.07) is 6.84. The van der Waals surface area contributed by atoms with Crippen LogP contribution in [0, 0.1) is 0 Å². The number of carbonyl (C=O) groups excluding carboxylic acids is 2. The lowest BCUT2D eigenvalue weighted by atomic mass is 10.0. The zero-order valence-corrected chi connectivity index (χ0v) is 10.1. The first-order valence-corrected chi connectivity index (χ1v) is 5.24. The minimum absolute atomic E-state index is 0.0975. The average Bonchev–Trinajstić information content (AvgIpc) is 2.15. The summed E-state index contributed by atoms with van der Waals surface area (Å²) in [5.74, 6) is -0.307. The van der Waals surface area contributed by atoms with Gasteiger partial charge >= 0.3 is 0 Å². The molecule has 0 unspecified atom stereocenters. The molecule has 16 heavy (non-hydrogen) atoms. The molecule has 0 saturated heterocycles. The highest BCUT2D eigenvalue weighted by Gasteiger charge is 2.18. The fraction of sp³-hybridized carbons (Fsp3) is 0.385. The predicted molar refractivity (Wildman–Crippen MR) is 63.7 cm³/mol. The summed E-state index contributed by atoms with van der Waals surface area (Å²) in [7, 11) is 0. The highest BCUT2D eigenvalue weighted by Crippen LogP contribution is 2.11. The highest BCUT2D eigenvalue weighted by molar-refractivity contribution is 6.07. The number of hydrogen-bond acceptors (Lipinski definition) is 2. The van der Waals surface area contributed by atoms with Crippen molar-refractivity contribution in [3.8, 4) is 0 Å². The van der Waals surface area contributed by atoms with E-state index in [4.69, 9.17) is 0 Å². The Morgan fingerprint density at radius 2 is 1.56 bits per heavy atom. The SMILES string of the molecule is CC(=O)c1ccccc1C(=O)NC(C)(C)C. The largest absolute Gasteiger partial charge is 0.347 e. The molecule has 0 aliphatic rings. The summed E-state index contributed by atoms with van der Waals surface area (Å²) in [6.07, 6.45) is 0. The number of nitrogens with one attached hydrogen (secondary N) is 1. The van der Waals surface area contributed by atoms with Crippen molar-refractivity contribution in [1.82, 2.24) is 5.32 Å². The van der Waals surface area contributed by atoms with Gasteiger partial charge in [-0.1, -0.05) is 18.2 Å².